The van der Waals surface area contributed by atoms with Crippen molar-refractivity contribution in [1.29, 1.82) is 0 Å². The van der Waals surface area contributed by atoms with Crippen molar-refractivity contribution in [3.05, 3.63) is 29.5 Å². The summed E-state index contributed by atoms with van der Waals surface area (Å²) in [5, 5.41) is 9.91. The van der Waals surface area contributed by atoms with Gasteiger partial charge in [-0.15, -0.1) is 0 Å². The van der Waals surface area contributed by atoms with Gasteiger partial charge in [0.2, 0.25) is 0 Å². The molecular formula is C21H28N2O4. The van der Waals surface area contributed by atoms with Gasteiger partial charge in [-0.3, -0.25) is 9.59 Å². The number of carbonyl (C=O) groups is 2. The van der Waals surface area contributed by atoms with Crippen LogP contribution in [0.1, 0.15) is 48.7 Å². The van der Waals surface area contributed by atoms with Crippen LogP contribution in [-0.4, -0.2) is 46.6 Å². The van der Waals surface area contributed by atoms with Crippen LogP contribution in [0.2, 0.25) is 0 Å². The third-order valence-electron chi connectivity index (χ3n) is 5.56. The summed E-state index contributed by atoms with van der Waals surface area (Å²) in [6.45, 7) is 6.22. The number of hydrogen-bond acceptors (Lipinski definition) is 3. The van der Waals surface area contributed by atoms with Crippen molar-refractivity contribution in [1.82, 2.24) is 9.47 Å². The summed E-state index contributed by atoms with van der Waals surface area (Å²) >= 11 is 0. The number of aryl methyl sites for hydroxylation is 1. The van der Waals surface area contributed by atoms with Gasteiger partial charge in [-0.1, -0.05) is 6.92 Å². The molecule has 3 rings (SSSR count). The van der Waals surface area contributed by atoms with Crippen LogP contribution >= 0.6 is 0 Å². The minimum Gasteiger partial charge on any atom is -0.497 e. The summed E-state index contributed by atoms with van der Waals surface area (Å²) in [6.07, 6.45) is 2.67. The van der Waals surface area contributed by atoms with Gasteiger partial charge in [0.1, 0.15) is 5.75 Å². The highest BCUT2D eigenvalue weighted by molar-refractivity contribution is 6.08. The summed E-state index contributed by atoms with van der Waals surface area (Å²) < 4.78 is 7.58. The number of piperidine rings is 1. The normalized spacial score (nSPS) is 15.3. The molecule has 27 heavy (non-hydrogen) atoms. The summed E-state index contributed by atoms with van der Waals surface area (Å²) in [5.74, 6) is 0.180. The number of rotatable bonds is 6. The number of amides is 1. The molecule has 0 radical (unpaired) electrons. The Morgan fingerprint density at radius 2 is 1.96 bits per heavy atom. The van der Waals surface area contributed by atoms with E-state index in [9.17, 15) is 9.59 Å². The van der Waals surface area contributed by atoms with Crippen molar-refractivity contribution in [2.24, 2.45) is 5.92 Å². The van der Waals surface area contributed by atoms with E-state index in [1.807, 2.05) is 30.0 Å². The monoisotopic (exact) mass is 372 g/mol. The first-order chi connectivity index (χ1) is 13.0. The average Bonchev–Trinajstić information content (AvgIpc) is 2.92. The maximum Gasteiger partial charge on any atom is 0.303 e. The molecule has 1 aliphatic heterocycles. The van der Waals surface area contributed by atoms with Gasteiger partial charge < -0.3 is 19.3 Å². The van der Waals surface area contributed by atoms with Crippen molar-refractivity contribution in [3.63, 3.8) is 0 Å². The SMILES string of the molecule is CCCn1c(C)c(C(=O)N2CCC(CC(=O)O)CC2)c2cc(OC)ccc21. The largest absolute Gasteiger partial charge is 0.497 e. The van der Waals surface area contributed by atoms with Crippen LogP contribution in [0.4, 0.5) is 0 Å². The number of hydrogen-bond donors (Lipinski definition) is 1. The molecule has 146 valence electrons. The first-order valence-corrected chi connectivity index (χ1v) is 9.64. The van der Waals surface area contributed by atoms with Crippen LogP contribution < -0.4 is 4.74 Å². The maximum atomic E-state index is 13.3. The van der Waals surface area contributed by atoms with Crippen molar-refractivity contribution < 1.29 is 19.4 Å². The molecule has 0 spiro atoms. The number of likely N-dealkylation sites (tertiary alicyclic amines) is 1. The van der Waals surface area contributed by atoms with E-state index in [1.54, 1.807) is 7.11 Å². The first kappa shape index (κ1) is 19.3. The zero-order valence-corrected chi connectivity index (χ0v) is 16.3. The van der Waals surface area contributed by atoms with E-state index in [1.165, 1.54) is 0 Å². The number of carboxylic acids is 1. The molecule has 2 aromatic rings. The number of aromatic nitrogens is 1. The number of aliphatic carboxylic acids is 1. The minimum atomic E-state index is -0.759. The van der Waals surface area contributed by atoms with Crippen molar-refractivity contribution in [3.8, 4) is 5.75 Å². The van der Waals surface area contributed by atoms with E-state index in [0.29, 0.717) is 13.1 Å². The summed E-state index contributed by atoms with van der Waals surface area (Å²) in [4.78, 5) is 26.1. The lowest BCUT2D eigenvalue weighted by atomic mass is 9.93. The van der Waals surface area contributed by atoms with Gasteiger partial charge in [-0.05, 0) is 50.3 Å². The minimum absolute atomic E-state index is 0.0365. The highest BCUT2D eigenvalue weighted by Crippen LogP contribution is 2.32. The summed E-state index contributed by atoms with van der Waals surface area (Å²) in [6, 6.07) is 5.89. The number of nitrogens with zero attached hydrogens (tertiary/aromatic N) is 2. The lowest BCUT2D eigenvalue weighted by molar-refractivity contribution is -0.138. The predicted molar refractivity (Wildman–Crippen MR) is 104 cm³/mol. The lowest BCUT2D eigenvalue weighted by Gasteiger charge is -2.31. The van der Waals surface area contributed by atoms with Gasteiger partial charge in [0.15, 0.2) is 0 Å². The molecule has 6 heteroatoms. The van der Waals surface area contributed by atoms with E-state index in [-0.39, 0.29) is 18.2 Å². The van der Waals surface area contributed by atoms with E-state index in [0.717, 1.165) is 53.7 Å². The molecule has 0 saturated carbocycles. The number of ether oxygens (including phenoxy) is 1. The molecule has 0 atom stereocenters. The molecule has 6 nitrogen and oxygen atoms in total. The first-order valence-electron chi connectivity index (χ1n) is 9.64. The van der Waals surface area contributed by atoms with Crippen LogP contribution in [0.25, 0.3) is 10.9 Å². The number of carboxylic acid groups (broad SMARTS) is 1. The van der Waals surface area contributed by atoms with Gasteiger partial charge >= 0.3 is 5.97 Å². The molecule has 1 aromatic carbocycles. The van der Waals surface area contributed by atoms with Crippen molar-refractivity contribution in [2.45, 2.75) is 46.1 Å². The highest BCUT2D eigenvalue weighted by atomic mass is 16.5. The van der Waals surface area contributed by atoms with Gasteiger partial charge in [0, 0.05) is 42.7 Å². The molecule has 0 bridgehead atoms. The van der Waals surface area contributed by atoms with Gasteiger partial charge in [-0.2, -0.15) is 0 Å². The molecule has 0 aliphatic carbocycles. The lowest BCUT2D eigenvalue weighted by Crippen LogP contribution is -2.39. The Morgan fingerprint density at radius 3 is 2.56 bits per heavy atom. The Bertz CT molecular complexity index is 847. The molecule has 1 aliphatic rings. The smallest absolute Gasteiger partial charge is 0.303 e. The van der Waals surface area contributed by atoms with Crippen LogP contribution in [0.5, 0.6) is 5.75 Å². The Hall–Kier alpha value is -2.50. The molecular weight excluding hydrogens is 344 g/mol. The highest BCUT2D eigenvalue weighted by Gasteiger charge is 2.28. The molecule has 1 saturated heterocycles. The predicted octanol–water partition coefficient (Wildman–Crippen LogP) is 3.70. The van der Waals surface area contributed by atoms with Crippen LogP contribution in [0, 0.1) is 12.8 Å². The Morgan fingerprint density at radius 1 is 1.26 bits per heavy atom. The van der Waals surface area contributed by atoms with E-state index < -0.39 is 5.97 Å². The van der Waals surface area contributed by atoms with Crippen molar-refractivity contribution >= 4 is 22.8 Å². The zero-order chi connectivity index (χ0) is 19.6. The van der Waals surface area contributed by atoms with Crippen LogP contribution in [-0.2, 0) is 11.3 Å². The topological polar surface area (TPSA) is 71.8 Å². The molecule has 2 heterocycles. The van der Waals surface area contributed by atoms with E-state index in [4.69, 9.17) is 9.84 Å². The summed E-state index contributed by atoms with van der Waals surface area (Å²) in [5.41, 5.74) is 2.78. The second kappa shape index (κ2) is 8.03. The van der Waals surface area contributed by atoms with Crippen LogP contribution in [0.3, 0.4) is 0 Å². The van der Waals surface area contributed by atoms with E-state index >= 15 is 0 Å². The molecule has 1 aromatic heterocycles. The fraction of sp³-hybridized carbons (Fsp3) is 0.524. The maximum absolute atomic E-state index is 13.3. The number of carbonyl (C=O) groups excluding carboxylic acids is 1. The second-order valence-electron chi connectivity index (χ2n) is 7.33. The fourth-order valence-corrected chi connectivity index (χ4v) is 4.12. The molecule has 1 amide bonds. The third-order valence-corrected chi connectivity index (χ3v) is 5.56. The van der Waals surface area contributed by atoms with Gasteiger partial charge in [0.05, 0.1) is 12.7 Å². The number of methoxy groups -OCH3 is 1. The molecule has 1 fully saturated rings. The quantitative estimate of drug-likeness (QED) is 0.839. The Balaban J connectivity index is 1.92. The van der Waals surface area contributed by atoms with E-state index in [2.05, 4.69) is 11.5 Å². The fourth-order valence-electron chi connectivity index (χ4n) is 4.12. The summed E-state index contributed by atoms with van der Waals surface area (Å²) in [7, 11) is 1.63. The van der Waals surface area contributed by atoms with Crippen LogP contribution in [0.15, 0.2) is 18.2 Å². The Kier molecular flexibility index (Phi) is 5.73. The third kappa shape index (κ3) is 3.80. The number of fused-ring (bicyclic) bond motifs is 1. The number of benzene rings is 1. The standard InChI is InChI=1S/C21H28N2O4/c1-4-9-23-14(2)20(17-13-16(27-3)5-6-18(17)23)21(26)22-10-7-15(8-11-22)12-19(24)25/h5-6,13,15H,4,7-12H2,1-3H3,(H,24,25). The molecule has 0 unspecified atom stereocenters. The zero-order valence-electron chi connectivity index (χ0n) is 16.3. The second-order valence-corrected chi connectivity index (χ2v) is 7.33. The molecule has 1 N–H and O–H groups in total. The van der Waals surface area contributed by atoms with Crippen molar-refractivity contribution in [2.75, 3.05) is 20.2 Å². The Labute approximate surface area is 159 Å². The average molecular weight is 372 g/mol. The van der Waals surface area contributed by atoms with Gasteiger partial charge in [0.25, 0.3) is 5.91 Å². The van der Waals surface area contributed by atoms with Gasteiger partial charge in [-0.25, -0.2) is 0 Å².